The Morgan fingerprint density at radius 1 is 1.27 bits per heavy atom. The summed E-state index contributed by atoms with van der Waals surface area (Å²) in [5.74, 6) is 0.735. The molecule has 3 heterocycles. The van der Waals surface area contributed by atoms with E-state index in [-0.39, 0.29) is 5.91 Å². The van der Waals surface area contributed by atoms with Crippen molar-refractivity contribution in [3.63, 3.8) is 0 Å². The molecule has 3 aromatic rings. The number of fused-ring (bicyclic) bond motifs is 1. The molecule has 0 aliphatic carbocycles. The van der Waals surface area contributed by atoms with E-state index in [9.17, 15) is 4.79 Å². The van der Waals surface area contributed by atoms with Gasteiger partial charge in [-0.3, -0.25) is 4.79 Å². The molecular formula is C19H19BrN4O2. The number of aryl methyl sites for hydroxylation is 1. The Morgan fingerprint density at radius 2 is 2.08 bits per heavy atom. The van der Waals surface area contributed by atoms with Crippen LogP contribution in [0.4, 0.5) is 11.5 Å². The maximum Gasteiger partial charge on any atom is 0.257 e. The lowest BCUT2D eigenvalue weighted by Gasteiger charge is -2.27. The average Bonchev–Trinajstić information content (AvgIpc) is 3.05. The molecule has 7 heteroatoms. The average molecular weight is 415 g/mol. The Bertz CT molecular complexity index is 963. The third-order valence-corrected chi connectivity index (χ3v) is 5.01. The summed E-state index contributed by atoms with van der Waals surface area (Å²) in [5.41, 5.74) is 2.44. The van der Waals surface area contributed by atoms with Crippen LogP contribution >= 0.6 is 15.9 Å². The number of aromatic nitrogens is 2. The number of anilines is 2. The van der Waals surface area contributed by atoms with Crippen LogP contribution in [0.5, 0.6) is 0 Å². The first-order valence-corrected chi connectivity index (χ1v) is 9.26. The molecule has 0 spiro atoms. The van der Waals surface area contributed by atoms with Gasteiger partial charge in [-0.05, 0) is 24.3 Å². The van der Waals surface area contributed by atoms with Crippen LogP contribution < -0.4 is 5.32 Å². The molecule has 0 saturated carbocycles. The molecule has 6 nitrogen and oxygen atoms in total. The van der Waals surface area contributed by atoms with E-state index in [0.29, 0.717) is 31.9 Å². The van der Waals surface area contributed by atoms with Crippen molar-refractivity contribution in [1.29, 1.82) is 0 Å². The normalized spacial score (nSPS) is 14.6. The van der Waals surface area contributed by atoms with E-state index < -0.39 is 0 Å². The van der Waals surface area contributed by atoms with Crippen molar-refractivity contribution in [1.82, 2.24) is 14.5 Å². The number of benzene rings is 1. The van der Waals surface area contributed by atoms with Crippen LogP contribution in [0.3, 0.4) is 0 Å². The van der Waals surface area contributed by atoms with Crippen LogP contribution in [0.2, 0.25) is 0 Å². The fourth-order valence-corrected chi connectivity index (χ4v) is 3.61. The first-order chi connectivity index (χ1) is 12.6. The molecule has 1 aliphatic heterocycles. The van der Waals surface area contributed by atoms with Crippen molar-refractivity contribution >= 4 is 44.2 Å². The summed E-state index contributed by atoms with van der Waals surface area (Å²) in [6.07, 6.45) is 3.62. The van der Waals surface area contributed by atoms with E-state index in [1.165, 1.54) is 0 Å². The van der Waals surface area contributed by atoms with Gasteiger partial charge in [-0.15, -0.1) is 0 Å². The second-order valence-corrected chi connectivity index (χ2v) is 7.17. The summed E-state index contributed by atoms with van der Waals surface area (Å²) >= 11 is 3.48. The van der Waals surface area contributed by atoms with Crippen molar-refractivity contribution in [2.75, 3.05) is 31.6 Å². The molecule has 1 saturated heterocycles. The van der Waals surface area contributed by atoms with E-state index in [1.807, 2.05) is 53.0 Å². The number of morpholine rings is 1. The van der Waals surface area contributed by atoms with Gasteiger partial charge in [0.2, 0.25) is 0 Å². The number of amides is 1. The van der Waals surface area contributed by atoms with Gasteiger partial charge in [-0.2, -0.15) is 0 Å². The van der Waals surface area contributed by atoms with E-state index in [4.69, 9.17) is 4.74 Å². The summed E-state index contributed by atoms with van der Waals surface area (Å²) in [6, 6.07) is 9.89. The highest BCUT2D eigenvalue weighted by atomic mass is 79.9. The van der Waals surface area contributed by atoms with Gasteiger partial charge in [-0.25, -0.2) is 4.98 Å². The number of ether oxygens (including phenoxy) is 1. The highest BCUT2D eigenvalue weighted by Gasteiger charge is 2.23. The molecule has 1 aliphatic rings. The number of carbonyl (C=O) groups excluding carboxylic acids is 1. The van der Waals surface area contributed by atoms with Crippen molar-refractivity contribution in [2.24, 2.45) is 7.05 Å². The minimum Gasteiger partial charge on any atom is -0.378 e. The summed E-state index contributed by atoms with van der Waals surface area (Å²) in [6.45, 7) is 2.39. The molecule has 1 N–H and O–H groups in total. The molecular weight excluding hydrogens is 396 g/mol. The molecule has 0 bridgehead atoms. The zero-order valence-electron chi connectivity index (χ0n) is 14.4. The fraction of sp³-hybridized carbons (Fsp3) is 0.263. The predicted octanol–water partition coefficient (Wildman–Crippen LogP) is 3.55. The smallest absolute Gasteiger partial charge is 0.257 e. The van der Waals surface area contributed by atoms with Crippen LogP contribution in [0.25, 0.3) is 10.9 Å². The largest absolute Gasteiger partial charge is 0.378 e. The number of nitrogens with one attached hydrogen (secondary N) is 1. The molecule has 0 unspecified atom stereocenters. The molecule has 4 rings (SSSR count). The minimum absolute atomic E-state index is 0.00149. The van der Waals surface area contributed by atoms with Crippen LogP contribution in [0, 0.1) is 0 Å². The van der Waals surface area contributed by atoms with E-state index in [0.717, 1.165) is 26.9 Å². The van der Waals surface area contributed by atoms with Crippen molar-refractivity contribution < 1.29 is 9.53 Å². The zero-order valence-corrected chi connectivity index (χ0v) is 16.0. The summed E-state index contributed by atoms with van der Waals surface area (Å²) in [7, 11) is 1.95. The Kier molecular flexibility index (Phi) is 4.65. The standard InChI is InChI=1S/C19H19BrN4O2/c1-23-6-5-15-17(23)16(19(25)24-7-9-26-10-8-24)12-21-18(15)22-14-4-2-3-13(20)11-14/h2-6,11-12H,7-10H2,1H3,(H,21,22). The molecule has 0 atom stereocenters. The number of pyridine rings is 1. The highest BCUT2D eigenvalue weighted by Crippen LogP contribution is 2.29. The molecule has 1 fully saturated rings. The quantitative estimate of drug-likeness (QED) is 0.711. The fourth-order valence-electron chi connectivity index (χ4n) is 3.21. The van der Waals surface area contributed by atoms with Crippen LogP contribution in [0.1, 0.15) is 10.4 Å². The van der Waals surface area contributed by atoms with Gasteiger partial charge in [0.25, 0.3) is 5.91 Å². The Hall–Kier alpha value is -2.38. The van der Waals surface area contributed by atoms with Crippen LogP contribution in [0.15, 0.2) is 47.2 Å². The second kappa shape index (κ2) is 7.09. The number of rotatable bonds is 3. The van der Waals surface area contributed by atoms with Crippen LogP contribution in [-0.2, 0) is 11.8 Å². The third kappa shape index (κ3) is 3.20. The lowest BCUT2D eigenvalue weighted by Crippen LogP contribution is -2.40. The first kappa shape index (κ1) is 17.1. The summed E-state index contributed by atoms with van der Waals surface area (Å²) in [4.78, 5) is 19.3. The molecule has 2 aromatic heterocycles. The second-order valence-electron chi connectivity index (χ2n) is 6.25. The van der Waals surface area contributed by atoms with Gasteiger partial charge in [0.1, 0.15) is 5.82 Å². The van der Waals surface area contributed by atoms with E-state index >= 15 is 0 Å². The number of carbonyl (C=O) groups is 1. The monoisotopic (exact) mass is 414 g/mol. The molecule has 1 amide bonds. The summed E-state index contributed by atoms with van der Waals surface area (Å²) in [5, 5.41) is 4.27. The Morgan fingerprint density at radius 3 is 2.85 bits per heavy atom. The van der Waals surface area contributed by atoms with Gasteiger partial charge in [0.15, 0.2) is 0 Å². The highest BCUT2D eigenvalue weighted by molar-refractivity contribution is 9.10. The zero-order chi connectivity index (χ0) is 18.1. The topological polar surface area (TPSA) is 59.4 Å². The Labute approximate surface area is 159 Å². The first-order valence-electron chi connectivity index (χ1n) is 8.47. The number of hydrogen-bond donors (Lipinski definition) is 1. The lowest BCUT2D eigenvalue weighted by atomic mass is 10.1. The number of nitrogens with zero attached hydrogens (tertiary/aromatic N) is 3. The third-order valence-electron chi connectivity index (χ3n) is 4.52. The minimum atomic E-state index is 0.00149. The van der Waals surface area contributed by atoms with E-state index in [1.54, 1.807) is 6.20 Å². The van der Waals surface area contributed by atoms with Crippen molar-refractivity contribution in [3.8, 4) is 0 Å². The number of halogens is 1. The van der Waals surface area contributed by atoms with Crippen molar-refractivity contribution in [2.45, 2.75) is 0 Å². The molecule has 134 valence electrons. The lowest BCUT2D eigenvalue weighted by molar-refractivity contribution is 0.0303. The number of hydrogen-bond acceptors (Lipinski definition) is 4. The molecule has 1 aromatic carbocycles. The van der Waals surface area contributed by atoms with Gasteiger partial charge in [0.05, 0.1) is 24.3 Å². The van der Waals surface area contributed by atoms with Gasteiger partial charge in [-0.1, -0.05) is 22.0 Å². The van der Waals surface area contributed by atoms with E-state index in [2.05, 4.69) is 26.2 Å². The maximum atomic E-state index is 13.0. The van der Waals surface area contributed by atoms with Gasteiger partial charge in [0, 0.05) is 48.1 Å². The molecule has 26 heavy (non-hydrogen) atoms. The van der Waals surface area contributed by atoms with Crippen molar-refractivity contribution in [3.05, 3.63) is 52.8 Å². The van der Waals surface area contributed by atoms with Crippen LogP contribution in [-0.4, -0.2) is 46.7 Å². The van der Waals surface area contributed by atoms with Gasteiger partial charge >= 0.3 is 0 Å². The predicted molar refractivity (Wildman–Crippen MR) is 105 cm³/mol. The molecule has 0 radical (unpaired) electrons. The van der Waals surface area contributed by atoms with Gasteiger partial charge < -0.3 is 19.5 Å². The maximum absolute atomic E-state index is 13.0. The summed E-state index contributed by atoms with van der Waals surface area (Å²) < 4.78 is 8.31. The SMILES string of the molecule is Cn1ccc2c(Nc3cccc(Br)c3)ncc(C(=O)N3CCOCC3)c21. The Balaban J connectivity index is 1.73.